The molecular formula is C14H20Cl2F3N5. The molecule has 1 aliphatic rings. The van der Waals surface area contributed by atoms with Gasteiger partial charge in [-0.15, -0.1) is 24.8 Å². The van der Waals surface area contributed by atoms with Crippen LogP contribution in [0.2, 0.25) is 0 Å². The third-order valence-corrected chi connectivity index (χ3v) is 3.35. The predicted octanol–water partition coefficient (Wildman–Crippen LogP) is 3.30. The number of hydrogen-bond donors (Lipinski definition) is 2. The van der Waals surface area contributed by atoms with Crippen molar-refractivity contribution in [2.75, 3.05) is 13.1 Å². The largest absolute Gasteiger partial charge is 0.416 e. The number of hydrogen-bond acceptors (Lipinski definition) is 1. The zero-order chi connectivity index (χ0) is 16.2. The summed E-state index contributed by atoms with van der Waals surface area (Å²) in [5.74, 6) is 0.204. The van der Waals surface area contributed by atoms with Gasteiger partial charge in [0.2, 0.25) is 5.96 Å². The summed E-state index contributed by atoms with van der Waals surface area (Å²) in [5.41, 5.74) is 11.1. The van der Waals surface area contributed by atoms with Crippen LogP contribution in [0.25, 0.3) is 0 Å². The molecule has 1 aromatic carbocycles. The number of guanidine groups is 2. The van der Waals surface area contributed by atoms with Crippen molar-refractivity contribution >= 4 is 42.4 Å². The van der Waals surface area contributed by atoms with E-state index < -0.39 is 11.7 Å². The fourth-order valence-corrected chi connectivity index (χ4v) is 2.19. The van der Waals surface area contributed by atoms with Gasteiger partial charge < -0.3 is 16.4 Å². The van der Waals surface area contributed by atoms with Crippen molar-refractivity contribution < 1.29 is 13.2 Å². The van der Waals surface area contributed by atoms with Crippen molar-refractivity contribution in [1.82, 2.24) is 4.90 Å². The summed E-state index contributed by atoms with van der Waals surface area (Å²) in [6, 6.07) is 4.37. The normalized spacial score (nSPS) is 16.2. The lowest BCUT2D eigenvalue weighted by Gasteiger charge is -2.27. The summed E-state index contributed by atoms with van der Waals surface area (Å²) in [6.07, 6.45) is -1.11. The Morgan fingerprint density at radius 2 is 1.50 bits per heavy atom. The molecule has 136 valence electrons. The minimum absolute atomic E-state index is 0. The number of nitrogens with two attached hydrogens (primary N) is 2. The molecule has 0 unspecified atom stereocenters. The average Bonchev–Trinajstić information content (AvgIpc) is 2.47. The van der Waals surface area contributed by atoms with Gasteiger partial charge in [-0.2, -0.15) is 18.2 Å². The van der Waals surface area contributed by atoms with E-state index in [0.717, 1.165) is 38.1 Å². The number of halogens is 5. The first kappa shape index (κ1) is 22.3. The molecule has 0 aliphatic carbocycles. The zero-order valence-electron chi connectivity index (χ0n) is 12.8. The molecule has 24 heavy (non-hydrogen) atoms. The average molecular weight is 386 g/mol. The maximum absolute atomic E-state index is 12.5. The SMILES string of the molecule is Cl.Cl.NC(=Nc1ccc(C(F)(F)F)cc1)/N=C(/N)N1CCCCC1. The highest BCUT2D eigenvalue weighted by molar-refractivity contribution is 5.94. The molecule has 0 spiro atoms. The van der Waals surface area contributed by atoms with E-state index in [9.17, 15) is 13.2 Å². The molecule has 0 bridgehead atoms. The van der Waals surface area contributed by atoms with Gasteiger partial charge in [0.15, 0.2) is 5.96 Å². The van der Waals surface area contributed by atoms with Crippen LogP contribution in [0.15, 0.2) is 34.3 Å². The first-order valence-electron chi connectivity index (χ1n) is 6.97. The quantitative estimate of drug-likeness (QED) is 0.574. The Balaban J connectivity index is 0.00000264. The standard InChI is InChI=1S/C14H18F3N5.2ClH/c15-14(16,17)10-4-6-11(7-5-10)20-12(18)21-13(19)22-8-2-1-3-9-22;;/h4-7H,1-3,8-9H2,(H4,18,19,20,21);2*1H. The summed E-state index contributed by atoms with van der Waals surface area (Å²) in [6.45, 7) is 1.64. The number of piperidine rings is 1. The number of nitrogens with zero attached hydrogens (tertiary/aromatic N) is 3. The Labute approximate surface area is 150 Å². The third kappa shape index (κ3) is 6.45. The van der Waals surface area contributed by atoms with E-state index in [-0.39, 0.29) is 36.7 Å². The van der Waals surface area contributed by atoms with E-state index in [1.807, 2.05) is 4.90 Å². The van der Waals surface area contributed by atoms with Crippen molar-refractivity contribution in [3.05, 3.63) is 29.8 Å². The van der Waals surface area contributed by atoms with Gasteiger partial charge >= 0.3 is 6.18 Å². The second kappa shape index (κ2) is 9.58. The minimum Gasteiger partial charge on any atom is -0.369 e. The summed E-state index contributed by atoms with van der Waals surface area (Å²) >= 11 is 0. The molecular weight excluding hydrogens is 366 g/mol. The number of benzene rings is 1. The van der Waals surface area contributed by atoms with Crippen molar-refractivity contribution in [2.45, 2.75) is 25.4 Å². The van der Waals surface area contributed by atoms with Crippen LogP contribution in [0.5, 0.6) is 0 Å². The monoisotopic (exact) mass is 385 g/mol. The fourth-order valence-electron chi connectivity index (χ4n) is 2.19. The van der Waals surface area contributed by atoms with Gasteiger partial charge in [-0.25, -0.2) is 4.99 Å². The molecule has 0 amide bonds. The molecule has 2 rings (SSSR count). The van der Waals surface area contributed by atoms with Gasteiger partial charge in [-0.1, -0.05) is 0 Å². The van der Waals surface area contributed by atoms with Crippen LogP contribution >= 0.6 is 24.8 Å². The minimum atomic E-state index is -4.37. The van der Waals surface area contributed by atoms with Gasteiger partial charge in [-0.3, -0.25) is 0 Å². The van der Waals surface area contributed by atoms with Gasteiger partial charge in [0.25, 0.3) is 0 Å². The Morgan fingerprint density at radius 1 is 0.958 bits per heavy atom. The van der Waals surface area contributed by atoms with E-state index in [1.54, 1.807) is 0 Å². The van der Waals surface area contributed by atoms with Gasteiger partial charge in [0.05, 0.1) is 11.3 Å². The molecule has 4 N–H and O–H groups in total. The second-order valence-electron chi connectivity index (χ2n) is 5.03. The molecule has 0 radical (unpaired) electrons. The summed E-state index contributed by atoms with van der Waals surface area (Å²) in [5, 5.41) is 0. The number of aliphatic imine (C=N–C) groups is 2. The number of rotatable bonds is 1. The predicted molar refractivity (Wildman–Crippen MR) is 94.3 cm³/mol. The van der Waals surface area contributed by atoms with Crippen LogP contribution in [0.4, 0.5) is 18.9 Å². The Morgan fingerprint density at radius 3 is 2.00 bits per heavy atom. The lowest BCUT2D eigenvalue weighted by Crippen LogP contribution is -2.41. The molecule has 0 saturated carbocycles. The van der Waals surface area contributed by atoms with Crippen molar-refractivity contribution in [3.63, 3.8) is 0 Å². The van der Waals surface area contributed by atoms with Gasteiger partial charge in [0.1, 0.15) is 0 Å². The molecule has 10 heteroatoms. The molecule has 0 aromatic heterocycles. The smallest absolute Gasteiger partial charge is 0.369 e. The third-order valence-electron chi connectivity index (χ3n) is 3.35. The fraction of sp³-hybridized carbons (Fsp3) is 0.429. The van der Waals surface area contributed by atoms with Crippen LogP contribution in [-0.4, -0.2) is 29.9 Å². The molecule has 1 heterocycles. The summed E-state index contributed by atoms with van der Waals surface area (Å²) < 4.78 is 37.4. The lowest BCUT2D eigenvalue weighted by atomic mass is 10.1. The molecule has 1 fully saturated rings. The first-order valence-corrected chi connectivity index (χ1v) is 6.97. The van der Waals surface area contributed by atoms with Crippen LogP contribution in [0.1, 0.15) is 24.8 Å². The summed E-state index contributed by atoms with van der Waals surface area (Å²) in [7, 11) is 0. The van der Waals surface area contributed by atoms with Gasteiger partial charge in [0, 0.05) is 13.1 Å². The van der Waals surface area contributed by atoms with Crippen molar-refractivity contribution in [3.8, 4) is 0 Å². The second-order valence-corrected chi connectivity index (χ2v) is 5.03. The maximum atomic E-state index is 12.5. The zero-order valence-corrected chi connectivity index (χ0v) is 14.4. The highest BCUT2D eigenvalue weighted by Crippen LogP contribution is 2.30. The van der Waals surface area contributed by atoms with E-state index in [0.29, 0.717) is 5.69 Å². The first-order chi connectivity index (χ1) is 10.4. The van der Waals surface area contributed by atoms with E-state index in [4.69, 9.17) is 11.5 Å². The van der Waals surface area contributed by atoms with Crippen LogP contribution < -0.4 is 11.5 Å². The van der Waals surface area contributed by atoms with Crippen LogP contribution in [0.3, 0.4) is 0 Å². The number of likely N-dealkylation sites (tertiary alicyclic amines) is 1. The summed E-state index contributed by atoms with van der Waals surface area (Å²) in [4.78, 5) is 9.86. The Bertz CT molecular complexity index is 567. The molecule has 5 nitrogen and oxygen atoms in total. The number of alkyl halides is 3. The Hall–Kier alpha value is -1.67. The molecule has 0 atom stereocenters. The van der Waals surface area contributed by atoms with Crippen LogP contribution in [-0.2, 0) is 6.18 Å². The van der Waals surface area contributed by atoms with Crippen LogP contribution in [0, 0.1) is 0 Å². The topological polar surface area (TPSA) is 80.0 Å². The highest BCUT2D eigenvalue weighted by Gasteiger charge is 2.29. The van der Waals surface area contributed by atoms with E-state index in [1.165, 1.54) is 18.6 Å². The maximum Gasteiger partial charge on any atom is 0.416 e. The molecule has 1 aromatic rings. The molecule has 1 saturated heterocycles. The van der Waals surface area contributed by atoms with E-state index in [2.05, 4.69) is 9.98 Å². The lowest BCUT2D eigenvalue weighted by molar-refractivity contribution is -0.137. The molecule has 1 aliphatic heterocycles. The van der Waals surface area contributed by atoms with Crippen molar-refractivity contribution in [2.24, 2.45) is 21.5 Å². The van der Waals surface area contributed by atoms with Gasteiger partial charge in [-0.05, 0) is 43.5 Å². The highest BCUT2D eigenvalue weighted by atomic mass is 35.5. The van der Waals surface area contributed by atoms with E-state index >= 15 is 0 Å². The Kier molecular flexibility index (Phi) is 8.92. The van der Waals surface area contributed by atoms with Crippen molar-refractivity contribution in [1.29, 1.82) is 0 Å².